The maximum Gasteiger partial charge on any atom is 0.328 e. The standard InChI is InChI=1S/C10H7BrN2O3/c11-6-4-2-1-3-5(6)7-8(14)12-10(16)13-9(7)15/h1-4H,(H3,12,13,14,15,16). The van der Waals surface area contributed by atoms with Gasteiger partial charge in [0, 0.05) is 10.0 Å². The van der Waals surface area contributed by atoms with E-state index in [-0.39, 0.29) is 5.56 Å². The predicted molar refractivity (Wildman–Crippen MR) is 62.5 cm³/mol. The number of nitrogens with one attached hydrogen (secondary N) is 2. The van der Waals surface area contributed by atoms with Crippen molar-refractivity contribution in [3.05, 3.63) is 49.6 Å². The topological polar surface area (TPSA) is 85.9 Å². The molecule has 2 rings (SSSR count). The first-order valence-electron chi connectivity index (χ1n) is 4.40. The summed E-state index contributed by atoms with van der Waals surface area (Å²) in [6.45, 7) is 0. The Morgan fingerprint density at radius 2 is 1.81 bits per heavy atom. The van der Waals surface area contributed by atoms with Gasteiger partial charge in [-0.25, -0.2) is 4.79 Å². The smallest absolute Gasteiger partial charge is 0.328 e. The van der Waals surface area contributed by atoms with Gasteiger partial charge in [0.25, 0.3) is 5.56 Å². The molecule has 5 nitrogen and oxygen atoms in total. The van der Waals surface area contributed by atoms with Gasteiger partial charge in [-0.2, -0.15) is 0 Å². The van der Waals surface area contributed by atoms with Gasteiger partial charge >= 0.3 is 5.69 Å². The normalized spacial score (nSPS) is 10.3. The lowest BCUT2D eigenvalue weighted by molar-refractivity contribution is 0.451. The Morgan fingerprint density at radius 1 is 1.12 bits per heavy atom. The van der Waals surface area contributed by atoms with Gasteiger partial charge in [-0.1, -0.05) is 34.1 Å². The molecule has 0 radical (unpaired) electrons. The lowest BCUT2D eigenvalue weighted by atomic mass is 10.1. The van der Waals surface area contributed by atoms with E-state index in [1.54, 1.807) is 24.3 Å². The molecule has 2 aromatic rings. The van der Waals surface area contributed by atoms with Crippen molar-refractivity contribution in [2.75, 3.05) is 0 Å². The number of aromatic nitrogens is 2. The van der Waals surface area contributed by atoms with Gasteiger partial charge in [0.1, 0.15) is 5.56 Å². The minimum absolute atomic E-state index is 0.0343. The van der Waals surface area contributed by atoms with Crippen molar-refractivity contribution in [1.29, 1.82) is 0 Å². The van der Waals surface area contributed by atoms with Crippen LogP contribution in [0.25, 0.3) is 11.1 Å². The van der Waals surface area contributed by atoms with E-state index in [0.717, 1.165) is 0 Å². The van der Waals surface area contributed by atoms with Gasteiger partial charge in [-0.05, 0) is 6.07 Å². The van der Waals surface area contributed by atoms with Crippen LogP contribution in [0.4, 0.5) is 0 Å². The van der Waals surface area contributed by atoms with Crippen molar-refractivity contribution >= 4 is 15.9 Å². The molecule has 0 amide bonds. The van der Waals surface area contributed by atoms with Crippen molar-refractivity contribution in [3.63, 3.8) is 0 Å². The highest BCUT2D eigenvalue weighted by molar-refractivity contribution is 9.10. The number of benzene rings is 1. The van der Waals surface area contributed by atoms with E-state index in [2.05, 4.69) is 25.9 Å². The Kier molecular flexibility index (Phi) is 2.66. The van der Waals surface area contributed by atoms with Gasteiger partial charge in [0.15, 0.2) is 0 Å². The van der Waals surface area contributed by atoms with Crippen LogP contribution in [0.1, 0.15) is 0 Å². The molecular weight excluding hydrogens is 276 g/mol. The van der Waals surface area contributed by atoms with Gasteiger partial charge in [-0.15, -0.1) is 0 Å². The third kappa shape index (κ3) is 1.79. The molecule has 0 unspecified atom stereocenters. The van der Waals surface area contributed by atoms with Crippen LogP contribution in [0, 0.1) is 0 Å². The minimum Gasteiger partial charge on any atom is -0.494 e. The molecule has 0 bridgehead atoms. The number of halogens is 1. The van der Waals surface area contributed by atoms with Crippen molar-refractivity contribution in [2.24, 2.45) is 0 Å². The minimum atomic E-state index is -0.738. The van der Waals surface area contributed by atoms with Crippen molar-refractivity contribution in [1.82, 2.24) is 9.97 Å². The average molecular weight is 283 g/mol. The molecule has 1 heterocycles. The van der Waals surface area contributed by atoms with Crippen molar-refractivity contribution in [2.45, 2.75) is 0 Å². The van der Waals surface area contributed by atoms with Crippen LogP contribution < -0.4 is 11.2 Å². The molecule has 1 aromatic heterocycles. The zero-order valence-corrected chi connectivity index (χ0v) is 9.54. The molecule has 6 heteroatoms. The molecule has 0 atom stereocenters. The van der Waals surface area contributed by atoms with E-state index in [4.69, 9.17) is 0 Å². The second kappa shape index (κ2) is 3.97. The lowest BCUT2D eigenvalue weighted by Crippen LogP contribution is -2.23. The number of hydrogen-bond donors (Lipinski definition) is 3. The summed E-state index contributed by atoms with van der Waals surface area (Å²) in [5, 5.41) is 9.55. The Morgan fingerprint density at radius 3 is 2.44 bits per heavy atom. The summed E-state index contributed by atoms with van der Waals surface area (Å²) in [6.07, 6.45) is 0. The first-order chi connectivity index (χ1) is 7.59. The van der Waals surface area contributed by atoms with Crippen LogP contribution in [0.5, 0.6) is 5.88 Å². The summed E-state index contributed by atoms with van der Waals surface area (Å²) in [6, 6.07) is 6.90. The molecule has 0 saturated heterocycles. The summed E-state index contributed by atoms with van der Waals surface area (Å²) in [7, 11) is 0. The van der Waals surface area contributed by atoms with E-state index in [9.17, 15) is 14.7 Å². The van der Waals surface area contributed by atoms with Crippen LogP contribution >= 0.6 is 15.9 Å². The summed E-state index contributed by atoms with van der Waals surface area (Å²) < 4.78 is 0.655. The van der Waals surface area contributed by atoms with E-state index in [1.165, 1.54) is 0 Å². The second-order valence-corrected chi connectivity index (χ2v) is 3.97. The van der Waals surface area contributed by atoms with E-state index >= 15 is 0 Å². The fraction of sp³-hybridized carbons (Fsp3) is 0. The highest BCUT2D eigenvalue weighted by Gasteiger charge is 2.13. The SMILES string of the molecule is O=c1[nH]c(O)c(-c2ccccc2Br)c(=O)[nH]1. The molecule has 0 aliphatic carbocycles. The third-order valence-electron chi connectivity index (χ3n) is 2.07. The highest BCUT2D eigenvalue weighted by atomic mass is 79.9. The van der Waals surface area contributed by atoms with Gasteiger partial charge < -0.3 is 5.11 Å². The van der Waals surface area contributed by atoms with E-state index < -0.39 is 17.1 Å². The molecular formula is C10H7BrN2O3. The molecule has 82 valence electrons. The Hall–Kier alpha value is -1.82. The molecule has 16 heavy (non-hydrogen) atoms. The van der Waals surface area contributed by atoms with Gasteiger partial charge in [0.2, 0.25) is 5.88 Å². The third-order valence-corrected chi connectivity index (χ3v) is 2.76. The number of H-pyrrole nitrogens is 2. The van der Waals surface area contributed by atoms with Crippen LogP contribution in [-0.2, 0) is 0 Å². The molecule has 1 aromatic carbocycles. The Labute approximate surface area is 97.9 Å². The van der Waals surface area contributed by atoms with Gasteiger partial charge in [-0.3, -0.25) is 14.8 Å². The monoisotopic (exact) mass is 282 g/mol. The number of rotatable bonds is 1. The quantitative estimate of drug-likeness (QED) is 0.735. The van der Waals surface area contributed by atoms with Crippen LogP contribution in [0.2, 0.25) is 0 Å². The zero-order valence-electron chi connectivity index (χ0n) is 7.95. The van der Waals surface area contributed by atoms with Crippen LogP contribution in [0.3, 0.4) is 0 Å². The lowest BCUT2D eigenvalue weighted by Gasteiger charge is -2.04. The maximum atomic E-state index is 11.6. The fourth-order valence-corrected chi connectivity index (χ4v) is 1.87. The molecule has 0 saturated carbocycles. The molecule has 0 fully saturated rings. The van der Waals surface area contributed by atoms with Crippen LogP contribution in [0.15, 0.2) is 38.3 Å². The molecule has 0 spiro atoms. The van der Waals surface area contributed by atoms with Crippen molar-refractivity contribution < 1.29 is 5.11 Å². The first kappa shape index (κ1) is 10.7. The summed E-state index contributed by atoms with van der Waals surface area (Å²) in [4.78, 5) is 26.6. The van der Waals surface area contributed by atoms with E-state index in [0.29, 0.717) is 10.0 Å². The highest BCUT2D eigenvalue weighted by Crippen LogP contribution is 2.29. The van der Waals surface area contributed by atoms with Gasteiger partial charge in [0.05, 0.1) is 0 Å². The predicted octanol–water partition coefficient (Wildman–Crippen LogP) is 1.20. The molecule has 3 N–H and O–H groups in total. The average Bonchev–Trinajstić information content (AvgIpc) is 2.19. The number of hydrogen-bond acceptors (Lipinski definition) is 3. The number of aromatic hydroxyl groups is 1. The van der Waals surface area contributed by atoms with Crippen LogP contribution in [-0.4, -0.2) is 15.1 Å². The fourth-order valence-electron chi connectivity index (χ4n) is 1.39. The summed E-state index contributed by atoms with van der Waals surface area (Å²) in [5.41, 5.74) is -0.823. The molecule has 0 aliphatic heterocycles. The Bertz CT molecular complexity index is 645. The summed E-state index contributed by atoms with van der Waals surface area (Å²) in [5.74, 6) is -0.444. The zero-order chi connectivity index (χ0) is 11.7. The first-order valence-corrected chi connectivity index (χ1v) is 5.19. The molecule has 0 aliphatic rings. The second-order valence-electron chi connectivity index (χ2n) is 3.11. The number of aromatic amines is 2. The summed E-state index contributed by atoms with van der Waals surface area (Å²) >= 11 is 3.26. The van der Waals surface area contributed by atoms with Crippen molar-refractivity contribution in [3.8, 4) is 17.0 Å². The Balaban J connectivity index is 2.80. The van der Waals surface area contributed by atoms with E-state index in [1.807, 2.05) is 0 Å². The largest absolute Gasteiger partial charge is 0.494 e. The maximum absolute atomic E-state index is 11.6.